The minimum atomic E-state index is -4.68. The summed E-state index contributed by atoms with van der Waals surface area (Å²) in [6, 6.07) is 7.30. The second kappa shape index (κ2) is 7.56. The molecule has 2 saturated heterocycles. The van der Waals surface area contributed by atoms with Crippen LogP contribution in [0.2, 0.25) is 0 Å². The Kier molecular flexibility index (Phi) is 5.06. The molecule has 0 radical (unpaired) electrons. The fourth-order valence-electron chi connectivity index (χ4n) is 4.12. The molecule has 5 rings (SSSR count). The summed E-state index contributed by atoms with van der Waals surface area (Å²) < 4.78 is 35.6. The maximum absolute atomic E-state index is 11.2. The van der Waals surface area contributed by atoms with Crippen molar-refractivity contribution in [3.8, 4) is 11.3 Å². The summed E-state index contributed by atoms with van der Waals surface area (Å²) in [5.41, 5.74) is 8.97. The topological polar surface area (TPSA) is 164 Å². The molecule has 32 heavy (non-hydrogen) atoms. The van der Waals surface area contributed by atoms with Crippen molar-refractivity contribution >= 4 is 24.7 Å². The summed E-state index contributed by atoms with van der Waals surface area (Å²) >= 11 is 0. The van der Waals surface area contributed by atoms with Gasteiger partial charge in [0, 0.05) is 11.3 Å². The van der Waals surface area contributed by atoms with Gasteiger partial charge >= 0.3 is 7.82 Å². The molecule has 0 saturated carbocycles. The molecular formula is C19H22N5O7P. The number of imidazole rings is 1. The molecule has 0 bridgehead atoms. The molecule has 2 aliphatic heterocycles. The monoisotopic (exact) mass is 463 g/mol. The van der Waals surface area contributed by atoms with Crippen LogP contribution in [0.3, 0.4) is 0 Å². The molecule has 2 aliphatic rings. The maximum Gasteiger partial charge on any atom is 0.469 e. The number of phosphoric acid groups is 1. The Morgan fingerprint density at radius 3 is 2.75 bits per heavy atom. The Morgan fingerprint density at radius 2 is 2.00 bits per heavy atom. The largest absolute Gasteiger partial charge is 0.469 e. The molecule has 170 valence electrons. The van der Waals surface area contributed by atoms with Gasteiger partial charge in [-0.25, -0.2) is 19.5 Å². The van der Waals surface area contributed by atoms with E-state index in [2.05, 4.69) is 19.5 Å². The van der Waals surface area contributed by atoms with Gasteiger partial charge in [-0.15, -0.1) is 0 Å². The number of phosphoric ester groups is 1. The lowest BCUT2D eigenvalue weighted by molar-refractivity contribution is -0.199. The Balaban J connectivity index is 1.52. The average Bonchev–Trinajstić information content (AvgIpc) is 3.36. The van der Waals surface area contributed by atoms with Crippen LogP contribution in [-0.2, 0) is 23.3 Å². The molecule has 0 aliphatic carbocycles. The highest BCUT2D eigenvalue weighted by atomic mass is 31.2. The van der Waals surface area contributed by atoms with Crippen molar-refractivity contribution in [2.24, 2.45) is 0 Å². The molecule has 4 heterocycles. The van der Waals surface area contributed by atoms with Gasteiger partial charge in [0.15, 0.2) is 17.7 Å². The van der Waals surface area contributed by atoms with Gasteiger partial charge in [-0.3, -0.25) is 9.09 Å². The number of nitrogens with two attached hydrogens (primary N) is 1. The van der Waals surface area contributed by atoms with Gasteiger partial charge < -0.3 is 29.7 Å². The maximum atomic E-state index is 11.2. The van der Waals surface area contributed by atoms with Crippen molar-refractivity contribution in [3.05, 3.63) is 36.9 Å². The first kappa shape index (κ1) is 21.4. The van der Waals surface area contributed by atoms with Crippen LogP contribution in [-0.4, -0.2) is 60.0 Å². The van der Waals surface area contributed by atoms with Crippen LogP contribution in [0.15, 0.2) is 36.9 Å². The van der Waals surface area contributed by atoms with Gasteiger partial charge in [0.2, 0.25) is 0 Å². The number of benzene rings is 1. The standard InChI is InChI=1S/C19H22N5O7P/c1-19(2)30-15-12(7-28-32(25,26)27)29-18(16(15)31-19)24-9-23-14-13(21-8-22-17(14)24)10-4-3-5-11(20)6-10/h3-6,8-9,12,15-16,18H,7,20H2,1-2H3,(H2,25,26,27)/t12-,15-,16-,18-/m1/s1. The quantitative estimate of drug-likeness (QED) is 0.372. The molecule has 0 unspecified atom stereocenters. The van der Waals surface area contributed by atoms with Crippen molar-refractivity contribution < 1.29 is 33.1 Å². The van der Waals surface area contributed by atoms with Crippen LogP contribution >= 0.6 is 7.82 Å². The van der Waals surface area contributed by atoms with Crippen LogP contribution in [0, 0.1) is 0 Å². The molecule has 2 aromatic heterocycles. The molecule has 3 aromatic rings. The van der Waals surface area contributed by atoms with Gasteiger partial charge in [-0.2, -0.15) is 0 Å². The number of aromatic nitrogens is 4. The highest BCUT2D eigenvalue weighted by Crippen LogP contribution is 2.45. The summed E-state index contributed by atoms with van der Waals surface area (Å²) in [6.45, 7) is 3.16. The number of ether oxygens (including phenoxy) is 3. The zero-order chi connectivity index (χ0) is 22.7. The van der Waals surface area contributed by atoms with Crippen molar-refractivity contribution in [3.63, 3.8) is 0 Å². The summed E-state index contributed by atoms with van der Waals surface area (Å²) in [6.07, 6.45) is 0.341. The summed E-state index contributed by atoms with van der Waals surface area (Å²) in [5.74, 6) is -0.907. The lowest BCUT2D eigenvalue weighted by Crippen LogP contribution is -2.32. The number of hydrogen-bond acceptors (Lipinski definition) is 9. The predicted octanol–water partition coefficient (Wildman–Crippen LogP) is 1.60. The van der Waals surface area contributed by atoms with E-state index in [1.54, 1.807) is 36.9 Å². The summed E-state index contributed by atoms with van der Waals surface area (Å²) in [4.78, 5) is 31.4. The summed E-state index contributed by atoms with van der Waals surface area (Å²) in [7, 11) is -4.68. The molecule has 0 spiro atoms. The summed E-state index contributed by atoms with van der Waals surface area (Å²) in [5, 5.41) is 0. The van der Waals surface area contributed by atoms with Crippen LogP contribution in [0.1, 0.15) is 20.1 Å². The minimum Gasteiger partial charge on any atom is -0.399 e. The SMILES string of the molecule is CC1(C)O[C@@H]2[C@H](O1)[C@@H](COP(=O)(O)O)O[C@H]2n1cnc2c(-c3cccc(N)c3)ncnc21. The van der Waals surface area contributed by atoms with Gasteiger partial charge in [0.05, 0.1) is 12.9 Å². The highest BCUT2D eigenvalue weighted by Gasteiger charge is 2.56. The van der Waals surface area contributed by atoms with Crippen LogP contribution in [0.25, 0.3) is 22.4 Å². The van der Waals surface area contributed by atoms with E-state index >= 15 is 0 Å². The van der Waals surface area contributed by atoms with Gasteiger partial charge in [0.1, 0.15) is 35.8 Å². The van der Waals surface area contributed by atoms with Crippen molar-refractivity contribution in [2.75, 3.05) is 12.3 Å². The van der Waals surface area contributed by atoms with E-state index < -0.39 is 38.1 Å². The Hall–Kier alpha value is -2.44. The number of rotatable bonds is 5. The fourth-order valence-corrected chi connectivity index (χ4v) is 4.46. The number of fused-ring (bicyclic) bond motifs is 2. The fraction of sp³-hybridized carbons (Fsp3) is 0.421. The van der Waals surface area contributed by atoms with E-state index in [1.165, 1.54) is 6.33 Å². The molecule has 4 N–H and O–H groups in total. The van der Waals surface area contributed by atoms with Gasteiger partial charge in [-0.1, -0.05) is 12.1 Å². The van der Waals surface area contributed by atoms with E-state index in [1.807, 2.05) is 12.1 Å². The smallest absolute Gasteiger partial charge is 0.399 e. The molecule has 12 nitrogen and oxygen atoms in total. The zero-order valence-electron chi connectivity index (χ0n) is 17.2. The van der Waals surface area contributed by atoms with E-state index in [4.69, 9.17) is 29.7 Å². The Morgan fingerprint density at radius 1 is 1.22 bits per heavy atom. The first-order valence-corrected chi connectivity index (χ1v) is 11.4. The third-order valence-corrected chi connectivity index (χ3v) is 5.81. The van der Waals surface area contributed by atoms with E-state index in [9.17, 15) is 4.57 Å². The number of nitrogens with zero attached hydrogens (tertiary/aromatic N) is 4. The van der Waals surface area contributed by atoms with E-state index in [0.717, 1.165) is 5.56 Å². The number of anilines is 1. The third kappa shape index (κ3) is 3.90. The lowest BCUT2D eigenvalue weighted by atomic mass is 10.1. The average molecular weight is 463 g/mol. The molecule has 4 atom stereocenters. The number of hydrogen-bond donors (Lipinski definition) is 3. The minimum absolute atomic E-state index is 0.364. The Labute approximate surface area is 182 Å². The zero-order valence-corrected chi connectivity index (χ0v) is 18.1. The second-order valence-corrected chi connectivity index (χ2v) is 9.33. The second-order valence-electron chi connectivity index (χ2n) is 8.09. The normalized spacial score (nSPS) is 27.1. The molecular weight excluding hydrogens is 441 g/mol. The van der Waals surface area contributed by atoms with Gasteiger partial charge in [0.25, 0.3) is 0 Å². The van der Waals surface area contributed by atoms with E-state index in [-0.39, 0.29) is 6.61 Å². The third-order valence-electron chi connectivity index (χ3n) is 5.33. The first-order valence-electron chi connectivity index (χ1n) is 9.86. The van der Waals surface area contributed by atoms with E-state index in [0.29, 0.717) is 22.5 Å². The predicted molar refractivity (Wildman–Crippen MR) is 111 cm³/mol. The van der Waals surface area contributed by atoms with Gasteiger partial charge in [-0.05, 0) is 26.0 Å². The molecule has 13 heteroatoms. The lowest BCUT2D eigenvalue weighted by Gasteiger charge is -2.24. The molecule has 0 amide bonds. The van der Waals surface area contributed by atoms with Crippen molar-refractivity contribution in [1.29, 1.82) is 0 Å². The highest BCUT2D eigenvalue weighted by molar-refractivity contribution is 7.46. The molecule has 2 fully saturated rings. The van der Waals surface area contributed by atoms with Crippen LogP contribution in [0.4, 0.5) is 5.69 Å². The first-order chi connectivity index (χ1) is 15.1. The van der Waals surface area contributed by atoms with Crippen LogP contribution in [0.5, 0.6) is 0 Å². The van der Waals surface area contributed by atoms with Crippen molar-refractivity contribution in [1.82, 2.24) is 19.5 Å². The molecule has 1 aromatic carbocycles. The number of nitrogen functional groups attached to an aromatic ring is 1. The van der Waals surface area contributed by atoms with Crippen LogP contribution < -0.4 is 5.73 Å². The Bertz CT molecular complexity index is 1210. The van der Waals surface area contributed by atoms with Crippen molar-refractivity contribution in [2.45, 2.75) is 44.2 Å².